The molecule has 1 rings (SSSR count). The summed E-state index contributed by atoms with van der Waals surface area (Å²) in [5, 5.41) is 4.26. The summed E-state index contributed by atoms with van der Waals surface area (Å²) >= 11 is 0. The Labute approximate surface area is 122 Å². The van der Waals surface area contributed by atoms with E-state index in [0.717, 1.165) is 5.56 Å². The van der Waals surface area contributed by atoms with Gasteiger partial charge in [-0.25, -0.2) is 9.59 Å². The monoisotopic (exact) mass is 294 g/mol. The first kappa shape index (κ1) is 16.6. The molecule has 0 bridgehead atoms. The fourth-order valence-electron chi connectivity index (χ4n) is 1.46. The van der Waals surface area contributed by atoms with Gasteiger partial charge in [0.1, 0.15) is 0 Å². The molecule has 0 aliphatic heterocycles. The van der Waals surface area contributed by atoms with Crippen molar-refractivity contribution in [1.29, 1.82) is 0 Å². The zero-order valence-corrected chi connectivity index (χ0v) is 12.1. The van der Waals surface area contributed by atoms with E-state index >= 15 is 0 Å². The van der Waals surface area contributed by atoms with Crippen LogP contribution in [0.3, 0.4) is 0 Å². The van der Waals surface area contributed by atoms with Gasteiger partial charge >= 0.3 is 12.0 Å². The van der Waals surface area contributed by atoms with Gasteiger partial charge in [0.2, 0.25) is 0 Å². The van der Waals surface area contributed by atoms with Gasteiger partial charge in [0.25, 0.3) is 5.91 Å². The van der Waals surface area contributed by atoms with E-state index in [-0.39, 0.29) is 0 Å². The summed E-state index contributed by atoms with van der Waals surface area (Å²) in [7, 11) is 2.95. The van der Waals surface area contributed by atoms with Gasteiger partial charge in [-0.2, -0.15) is 0 Å². The second kappa shape index (κ2) is 8.01. The van der Waals surface area contributed by atoms with Crippen LogP contribution in [0, 0.1) is 0 Å². The van der Waals surface area contributed by atoms with Crippen LogP contribution in [0.25, 0.3) is 0 Å². The maximum absolute atomic E-state index is 11.9. The molecule has 0 saturated heterocycles. The number of nitrogens with one attached hydrogen (secondary N) is 2. The molecule has 1 aromatic carbocycles. The van der Waals surface area contributed by atoms with Crippen molar-refractivity contribution in [3.8, 4) is 0 Å². The van der Waals surface area contributed by atoms with Gasteiger partial charge in [-0.15, -0.1) is 0 Å². The van der Waals surface area contributed by atoms with Gasteiger partial charge in [0.15, 0.2) is 6.10 Å². The van der Waals surface area contributed by atoms with Crippen LogP contribution in [0.2, 0.25) is 0 Å². The minimum absolute atomic E-state index is 0.314. The quantitative estimate of drug-likeness (QED) is 0.785. The van der Waals surface area contributed by atoms with Crippen LogP contribution in [-0.2, 0) is 20.9 Å². The van der Waals surface area contributed by atoms with E-state index in [9.17, 15) is 14.4 Å². The van der Waals surface area contributed by atoms with Crippen molar-refractivity contribution in [2.45, 2.75) is 19.6 Å². The number of imide groups is 1. The summed E-state index contributed by atoms with van der Waals surface area (Å²) in [5.41, 5.74) is 1.23. The van der Waals surface area contributed by atoms with Crippen LogP contribution in [-0.4, -0.2) is 38.2 Å². The van der Waals surface area contributed by atoms with Crippen molar-refractivity contribution in [2.24, 2.45) is 0 Å². The lowest BCUT2D eigenvalue weighted by Gasteiger charge is -2.12. The van der Waals surface area contributed by atoms with E-state index in [0.29, 0.717) is 12.2 Å². The van der Waals surface area contributed by atoms with Crippen molar-refractivity contribution in [3.63, 3.8) is 0 Å². The number of hydrogen-bond acceptors (Lipinski definition) is 5. The molecule has 3 amide bonds. The van der Waals surface area contributed by atoms with Crippen molar-refractivity contribution in [1.82, 2.24) is 10.6 Å². The van der Waals surface area contributed by atoms with Crippen LogP contribution in [0.4, 0.5) is 4.79 Å². The first-order chi connectivity index (χ1) is 9.97. The molecule has 0 aliphatic rings. The minimum atomic E-state index is -1.08. The average molecular weight is 294 g/mol. The molecule has 0 spiro atoms. The fraction of sp³-hybridized carbons (Fsp3) is 0.357. The molecular weight excluding hydrogens is 276 g/mol. The normalized spacial score (nSPS) is 11.4. The molecule has 0 aliphatic carbocycles. The number of carbonyl (C=O) groups excluding carboxylic acids is 3. The number of urea groups is 1. The Kier molecular flexibility index (Phi) is 6.35. The third-order valence-corrected chi connectivity index (χ3v) is 2.62. The maximum Gasteiger partial charge on any atom is 0.338 e. The highest BCUT2D eigenvalue weighted by atomic mass is 16.5. The number of rotatable bonds is 5. The Morgan fingerprint density at radius 1 is 1.19 bits per heavy atom. The molecule has 2 N–H and O–H groups in total. The highest BCUT2D eigenvalue weighted by Gasteiger charge is 2.20. The predicted molar refractivity (Wildman–Crippen MR) is 74.6 cm³/mol. The molecule has 0 heterocycles. The summed E-state index contributed by atoms with van der Waals surface area (Å²) in [6, 6.07) is 5.97. The largest absolute Gasteiger partial charge is 0.449 e. The standard InChI is InChI=1S/C14H18N2O5/c1-9(12(17)16-14(19)15-2)21-13(18)11-6-4-10(5-7-11)8-20-3/h4-7,9H,8H2,1-3H3,(H2,15,16,17,19)/t9-/m0/s1. The number of benzene rings is 1. The van der Waals surface area contributed by atoms with Gasteiger partial charge < -0.3 is 14.8 Å². The summed E-state index contributed by atoms with van der Waals surface area (Å²) < 4.78 is 9.95. The summed E-state index contributed by atoms with van der Waals surface area (Å²) in [6.45, 7) is 1.83. The van der Waals surface area contributed by atoms with Crippen LogP contribution in [0.5, 0.6) is 0 Å². The summed E-state index contributed by atoms with van der Waals surface area (Å²) in [5.74, 6) is -1.34. The molecule has 0 unspecified atom stereocenters. The number of carbonyl (C=O) groups is 3. The fourth-order valence-corrected chi connectivity index (χ4v) is 1.46. The zero-order chi connectivity index (χ0) is 15.8. The second-order valence-electron chi connectivity index (χ2n) is 4.25. The molecular formula is C14H18N2O5. The third-order valence-electron chi connectivity index (χ3n) is 2.62. The molecule has 0 aromatic heterocycles. The number of methoxy groups -OCH3 is 1. The van der Waals surface area contributed by atoms with E-state index < -0.39 is 24.0 Å². The number of esters is 1. The Balaban J connectivity index is 2.59. The third kappa shape index (κ3) is 5.23. The van der Waals surface area contributed by atoms with Gasteiger partial charge in [0.05, 0.1) is 12.2 Å². The Morgan fingerprint density at radius 2 is 1.81 bits per heavy atom. The van der Waals surface area contributed by atoms with Crippen molar-refractivity contribution in [3.05, 3.63) is 35.4 Å². The van der Waals surface area contributed by atoms with E-state index in [1.165, 1.54) is 14.0 Å². The smallest absolute Gasteiger partial charge is 0.338 e. The highest BCUT2D eigenvalue weighted by Crippen LogP contribution is 2.08. The molecule has 114 valence electrons. The Hall–Kier alpha value is -2.41. The van der Waals surface area contributed by atoms with E-state index in [1.807, 2.05) is 5.32 Å². The number of hydrogen-bond donors (Lipinski definition) is 2. The van der Waals surface area contributed by atoms with E-state index in [4.69, 9.17) is 9.47 Å². The average Bonchev–Trinajstić information content (AvgIpc) is 2.47. The van der Waals surface area contributed by atoms with Crippen LogP contribution < -0.4 is 10.6 Å². The van der Waals surface area contributed by atoms with Crippen LogP contribution in [0.1, 0.15) is 22.8 Å². The number of ether oxygens (including phenoxy) is 2. The topological polar surface area (TPSA) is 93.7 Å². The molecule has 21 heavy (non-hydrogen) atoms. The Bertz CT molecular complexity index is 513. The van der Waals surface area contributed by atoms with Gasteiger partial charge in [-0.3, -0.25) is 10.1 Å². The first-order valence-electron chi connectivity index (χ1n) is 6.29. The van der Waals surface area contributed by atoms with Crippen LogP contribution in [0.15, 0.2) is 24.3 Å². The minimum Gasteiger partial charge on any atom is -0.449 e. The second-order valence-corrected chi connectivity index (χ2v) is 4.25. The van der Waals surface area contributed by atoms with Crippen LogP contribution >= 0.6 is 0 Å². The lowest BCUT2D eigenvalue weighted by molar-refractivity contribution is -0.127. The lowest BCUT2D eigenvalue weighted by Crippen LogP contribution is -2.43. The molecule has 0 saturated carbocycles. The molecule has 0 radical (unpaired) electrons. The molecule has 7 heteroatoms. The molecule has 0 fully saturated rings. The molecule has 1 atom stereocenters. The van der Waals surface area contributed by atoms with Gasteiger partial charge in [-0.1, -0.05) is 12.1 Å². The molecule has 7 nitrogen and oxygen atoms in total. The maximum atomic E-state index is 11.9. The van der Waals surface area contributed by atoms with Gasteiger partial charge in [-0.05, 0) is 24.6 Å². The summed E-state index contributed by atoms with van der Waals surface area (Å²) in [6.07, 6.45) is -1.08. The molecule has 1 aromatic rings. The van der Waals surface area contributed by atoms with E-state index in [1.54, 1.807) is 31.4 Å². The van der Waals surface area contributed by atoms with E-state index in [2.05, 4.69) is 5.32 Å². The first-order valence-corrected chi connectivity index (χ1v) is 6.29. The van der Waals surface area contributed by atoms with Crippen molar-refractivity contribution >= 4 is 17.9 Å². The highest BCUT2D eigenvalue weighted by molar-refractivity contribution is 5.98. The Morgan fingerprint density at radius 3 is 2.33 bits per heavy atom. The van der Waals surface area contributed by atoms with Gasteiger partial charge in [0, 0.05) is 14.2 Å². The number of amides is 3. The lowest BCUT2D eigenvalue weighted by atomic mass is 10.1. The predicted octanol–water partition coefficient (Wildman–Crippen LogP) is 0.834. The summed E-state index contributed by atoms with van der Waals surface area (Å²) in [4.78, 5) is 34.4. The van der Waals surface area contributed by atoms with Crippen molar-refractivity contribution < 1.29 is 23.9 Å². The zero-order valence-electron chi connectivity index (χ0n) is 12.1. The SMILES string of the molecule is CNC(=O)NC(=O)[C@H](C)OC(=O)c1ccc(COC)cc1. The van der Waals surface area contributed by atoms with Crippen molar-refractivity contribution in [2.75, 3.05) is 14.2 Å².